The Morgan fingerprint density at radius 1 is 0.826 bits per heavy atom. The molecule has 0 fully saturated rings. The maximum atomic E-state index is 4.91. The fourth-order valence-electron chi connectivity index (χ4n) is 3.19. The Morgan fingerprint density at radius 3 is 2.26 bits per heavy atom. The number of benzene rings is 2. The standard InChI is InChI=1S/C20H19N3/c1-20(2)21-18(14-9-5-4-6-10-14)19(22-20)16-13-23(3)17-12-8-7-11-15(16)17/h4-13H,1-3H3. The molecule has 0 saturated heterocycles. The van der Waals surface area contributed by atoms with Gasteiger partial charge in [-0.3, -0.25) is 9.98 Å². The van der Waals surface area contributed by atoms with Gasteiger partial charge in [0.25, 0.3) is 0 Å². The molecular formula is C20H19N3. The number of nitrogens with zero attached hydrogens (tertiary/aromatic N) is 3. The van der Waals surface area contributed by atoms with Crippen LogP contribution in [0.3, 0.4) is 0 Å². The zero-order valence-corrected chi connectivity index (χ0v) is 13.6. The SMILES string of the molecule is Cn1cc(C2=NC(C)(C)N=C2c2ccccc2)c2ccccc21. The molecular weight excluding hydrogens is 282 g/mol. The highest BCUT2D eigenvalue weighted by Crippen LogP contribution is 2.29. The van der Waals surface area contributed by atoms with Crippen molar-refractivity contribution in [1.29, 1.82) is 0 Å². The zero-order valence-electron chi connectivity index (χ0n) is 13.6. The number of fused-ring (bicyclic) bond motifs is 1. The first-order chi connectivity index (χ1) is 11.1. The molecule has 0 atom stereocenters. The molecule has 1 aliphatic heterocycles. The lowest BCUT2D eigenvalue weighted by molar-refractivity contribution is 0.567. The third-order valence-electron chi connectivity index (χ3n) is 4.19. The summed E-state index contributed by atoms with van der Waals surface area (Å²) in [4.78, 5) is 9.78. The van der Waals surface area contributed by atoms with E-state index in [1.54, 1.807) is 0 Å². The summed E-state index contributed by atoms with van der Waals surface area (Å²) in [5.74, 6) is 0. The topological polar surface area (TPSA) is 29.6 Å². The molecule has 4 rings (SSSR count). The first kappa shape index (κ1) is 13.9. The summed E-state index contributed by atoms with van der Waals surface area (Å²) in [6.07, 6.45) is 2.16. The molecule has 2 aromatic carbocycles. The van der Waals surface area contributed by atoms with Crippen molar-refractivity contribution in [3.63, 3.8) is 0 Å². The van der Waals surface area contributed by atoms with Crippen LogP contribution in [0.15, 0.2) is 70.8 Å². The molecule has 3 heteroatoms. The highest BCUT2D eigenvalue weighted by Gasteiger charge is 2.30. The van der Waals surface area contributed by atoms with E-state index in [0.29, 0.717) is 0 Å². The van der Waals surface area contributed by atoms with E-state index >= 15 is 0 Å². The molecule has 23 heavy (non-hydrogen) atoms. The quantitative estimate of drug-likeness (QED) is 0.679. The maximum absolute atomic E-state index is 4.91. The molecule has 3 aromatic rings. The zero-order chi connectivity index (χ0) is 16.0. The molecule has 3 nitrogen and oxygen atoms in total. The maximum Gasteiger partial charge on any atom is 0.146 e. The first-order valence-corrected chi connectivity index (χ1v) is 7.85. The third kappa shape index (κ3) is 2.29. The van der Waals surface area contributed by atoms with E-state index in [-0.39, 0.29) is 0 Å². The van der Waals surface area contributed by atoms with E-state index in [1.165, 1.54) is 10.9 Å². The van der Waals surface area contributed by atoms with Crippen LogP contribution in [0.1, 0.15) is 25.0 Å². The second-order valence-corrected chi connectivity index (χ2v) is 6.45. The molecule has 1 aliphatic rings. The molecule has 114 valence electrons. The third-order valence-corrected chi connectivity index (χ3v) is 4.19. The van der Waals surface area contributed by atoms with Gasteiger partial charge < -0.3 is 4.57 Å². The molecule has 1 aromatic heterocycles. The lowest BCUT2D eigenvalue weighted by Gasteiger charge is -2.07. The second kappa shape index (κ2) is 4.92. The van der Waals surface area contributed by atoms with E-state index in [0.717, 1.165) is 22.6 Å². The monoisotopic (exact) mass is 301 g/mol. The number of aliphatic imine (C=N–C) groups is 2. The van der Waals surface area contributed by atoms with E-state index in [9.17, 15) is 0 Å². The van der Waals surface area contributed by atoms with Crippen LogP contribution in [-0.4, -0.2) is 21.7 Å². The minimum atomic E-state index is -0.419. The minimum Gasteiger partial charge on any atom is -0.350 e. The normalized spacial score (nSPS) is 16.5. The molecule has 0 bridgehead atoms. The fourth-order valence-corrected chi connectivity index (χ4v) is 3.19. The minimum absolute atomic E-state index is 0.419. The predicted octanol–water partition coefficient (Wildman–Crippen LogP) is 4.21. The van der Waals surface area contributed by atoms with Crippen LogP contribution in [0.25, 0.3) is 10.9 Å². The Balaban J connectivity index is 1.94. The average Bonchev–Trinajstić information content (AvgIpc) is 3.06. The molecule has 0 amide bonds. The van der Waals surface area contributed by atoms with Gasteiger partial charge in [-0.25, -0.2) is 0 Å². The lowest BCUT2D eigenvalue weighted by Crippen LogP contribution is -2.13. The van der Waals surface area contributed by atoms with Gasteiger partial charge in [-0.15, -0.1) is 0 Å². The van der Waals surface area contributed by atoms with E-state index in [1.807, 2.05) is 32.0 Å². The molecule has 2 heterocycles. The summed E-state index contributed by atoms with van der Waals surface area (Å²) < 4.78 is 2.15. The molecule has 0 N–H and O–H groups in total. The Labute approximate surface area is 136 Å². The van der Waals surface area contributed by atoms with Gasteiger partial charge in [0.15, 0.2) is 0 Å². The van der Waals surface area contributed by atoms with Crippen molar-refractivity contribution in [2.75, 3.05) is 0 Å². The molecule has 0 spiro atoms. The Bertz CT molecular complexity index is 943. The average molecular weight is 301 g/mol. The Morgan fingerprint density at radius 2 is 1.48 bits per heavy atom. The fraction of sp³-hybridized carbons (Fsp3) is 0.200. The number of rotatable bonds is 2. The van der Waals surface area contributed by atoms with Crippen molar-refractivity contribution in [3.8, 4) is 0 Å². The number of aromatic nitrogens is 1. The van der Waals surface area contributed by atoms with Gasteiger partial charge in [-0.1, -0.05) is 48.5 Å². The molecule has 0 saturated carbocycles. The number of hydrogen-bond acceptors (Lipinski definition) is 2. The summed E-state index contributed by atoms with van der Waals surface area (Å²) in [7, 11) is 2.08. The van der Waals surface area contributed by atoms with Crippen molar-refractivity contribution in [1.82, 2.24) is 4.57 Å². The van der Waals surface area contributed by atoms with Crippen LogP contribution in [0.2, 0.25) is 0 Å². The lowest BCUT2D eigenvalue weighted by atomic mass is 10.00. The highest BCUT2D eigenvalue weighted by atomic mass is 15.1. The number of aryl methyl sites for hydroxylation is 1. The Kier molecular flexibility index (Phi) is 2.98. The van der Waals surface area contributed by atoms with Gasteiger partial charge in [0, 0.05) is 35.3 Å². The van der Waals surface area contributed by atoms with E-state index in [2.05, 4.69) is 54.2 Å². The number of para-hydroxylation sites is 1. The van der Waals surface area contributed by atoms with Gasteiger partial charge in [0.05, 0.1) is 11.4 Å². The van der Waals surface area contributed by atoms with Crippen LogP contribution in [0.4, 0.5) is 0 Å². The van der Waals surface area contributed by atoms with Crippen molar-refractivity contribution < 1.29 is 0 Å². The van der Waals surface area contributed by atoms with E-state index in [4.69, 9.17) is 9.98 Å². The summed E-state index contributed by atoms with van der Waals surface area (Å²) in [6, 6.07) is 18.7. The van der Waals surface area contributed by atoms with Crippen molar-refractivity contribution in [2.45, 2.75) is 19.5 Å². The summed E-state index contributed by atoms with van der Waals surface area (Å²) in [5.41, 5.74) is 5.02. The van der Waals surface area contributed by atoms with Crippen LogP contribution < -0.4 is 0 Å². The van der Waals surface area contributed by atoms with Crippen LogP contribution in [-0.2, 0) is 7.05 Å². The highest BCUT2D eigenvalue weighted by molar-refractivity contribution is 6.56. The summed E-state index contributed by atoms with van der Waals surface area (Å²) >= 11 is 0. The Hall–Kier alpha value is -2.68. The van der Waals surface area contributed by atoms with Gasteiger partial charge in [0.2, 0.25) is 0 Å². The van der Waals surface area contributed by atoms with Crippen molar-refractivity contribution in [3.05, 3.63) is 71.9 Å². The second-order valence-electron chi connectivity index (χ2n) is 6.45. The number of hydrogen-bond donors (Lipinski definition) is 0. The van der Waals surface area contributed by atoms with Crippen LogP contribution in [0.5, 0.6) is 0 Å². The first-order valence-electron chi connectivity index (χ1n) is 7.85. The van der Waals surface area contributed by atoms with E-state index < -0.39 is 5.66 Å². The van der Waals surface area contributed by atoms with Crippen molar-refractivity contribution >= 4 is 22.3 Å². The van der Waals surface area contributed by atoms with Crippen LogP contribution in [0, 0.1) is 0 Å². The molecule has 0 aliphatic carbocycles. The van der Waals surface area contributed by atoms with Gasteiger partial charge >= 0.3 is 0 Å². The molecule has 0 radical (unpaired) electrons. The largest absolute Gasteiger partial charge is 0.350 e. The van der Waals surface area contributed by atoms with Gasteiger partial charge in [0.1, 0.15) is 5.66 Å². The summed E-state index contributed by atoms with van der Waals surface area (Å²) in [6.45, 7) is 4.10. The predicted molar refractivity (Wildman–Crippen MR) is 96.5 cm³/mol. The van der Waals surface area contributed by atoms with Gasteiger partial charge in [-0.05, 0) is 19.9 Å². The summed E-state index contributed by atoms with van der Waals surface area (Å²) in [5, 5.41) is 1.22. The van der Waals surface area contributed by atoms with Crippen molar-refractivity contribution in [2.24, 2.45) is 17.0 Å². The van der Waals surface area contributed by atoms with Crippen LogP contribution >= 0.6 is 0 Å². The smallest absolute Gasteiger partial charge is 0.146 e. The molecule has 0 unspecified atom stereocenters. The van der Waals surface area contributed by atoms with Gasteiger partial charge in [-0.2, -0.15) is 0 Å².